The smallest absolute Gasteiger partial charge is 0.269 e. The van der Waals surface area contributed by atoms with Gasteiger partial charge in [0.2, 0.25) is 5.91 Å². The Morgan fingerprint density at radius 2 is 1.62 bits per heavy atom. The number of hydrazine groups is 1. The van der Waals surface area contributed by atoms with E-state index in [4.69, 9.17) is 0 Å². The quantitative estimate of drug-likeness (QED) is 0.649. The van der Waals surface area contributed by atoms with Crippen LogP contribution in [0.2, 0.25) is 0 Å². The van der Waals surface area contributed by atoms with Crippen molar-refractivity contribution in [3.05, 3.63) is 77.9 Å². The SMILES string of the molecule is O=C(Cc1cccc2ccccc12)NNC(=O)c1cccc(O)c1. The van der Waals surface area contributed by atoms with E-state index in [1.807, 2.05) is 42.5 Å². The number of rotatable bonds is 3. The topological polar surface area (TPSA) is 78.4 Å². The first kappa shape index (κ1) is 15.6. The molecule has 5 nitrogen and oxygen atoms in total. The van der Waals surface area contributed by atoms with Crippen molar-refractivity contribution < 1.29 is 14.7 Å². The molecule has 2 amide bonds. The van der Waals surface area contributed by atoms with E-state index < -0.39 is 5.91 Å². The van der Waals surface area contributed by atoms with Gasteiger partial charge in [-0.2, -0.15) is 0 Å². The van der Waals surface area contributed by atoms with Crippen molar-refractivity contribution in [3.63, 3.8) is 0 Å². The first-order valence-electron chi connectivity index (χ1n) is 7.48. The zero-order chi connectivity index (χ0) is 16.9. The molecule has 0 spiro atoms. The molecule has 3 aromatic carbocycles. The van der Waals surface area contributed by atoms with Crippen molar-refractivity contribution in [1.29, 1.82) is 0 Å². The highest BCUT2D eigenvalue weighted by Crippen LogP contribution is 2.18. The van der Waals surface area contributed by atoms with Crippen molar-refractivity contribution in [2.75, 3.05) is 0 Å². The van der Waals surface area contributed by atoms with Gasteiger partial charge >= 0.3 is 0 Å². The van der Waals surface area contributed by atoms with Gasteiger partial charge in [0.05, 0.1) is 6.42 Å². The molecule has 0 aromatic heterocycles. The molecule has 0 saturated heterocycles. The molecule has 0 fully saturated rings. The van der Waals surface area contributed by atoms with Crippen molar-refractivity contribution in [2.45, 2.75) is 6.42 Å². The van der Waals surface area contributed by atoms with Gasteiger partial charge in [-0.25, -0.2) is 0 Å². The summed E-state index contributed by atoms with van der Waals surface area (Å²) in [5, 5.41) is 11.4. The van der Waals surface area contributed by atoms with Crippen LogP contribution in [0.15, 0.2) is 66.7 Å². The third-order valence-corrected chi connectivity index (χ3v) is 3.65. The van der Waals surface area contributed by atoms with Crippen LogP contribution >= 0.6 is 0 Å². The normalized spacial score (nSPS) is 10.3. The number of hydrogen-bond acceptors (Lipinski definition) is 3. The number of benzene rings is 3. The molecular formula is C19H16N2O3. The molecule has 0 bridgehead atoms. The standard InChI is InChI=1S/C19H16N2O3/c22-16-9-4-8-15(11-16)19(24)21-20-18(23)12-14-7-3-6-13-5-1-2-10-17(13)14/h1-11,22H,12H2,(H,20,23)(H,21,24). The van der Waals surface area contributed by atoms with E-state index in [-0.39, 0.29) is 23.6 Å². The van der Waals surface area contributed by atoms with E-state index in [9.17, 15) is 14.7 Å². The summed E-state index contributed by atoms with van der Waals surface area (Å²) in [4.78, 5) is 24.0. The summed E-state index contributed by atoms with van der Waals surface area (Å²) in [6, 6.07) is 19.5. The van der Waals surface area contributed by atoms with E-state index >= 15 is 0 Å². The van der Waals surface area contributed by atoms with Gasteiger partial charge in [0.1, 0.15) is 5.75 Å². The van der Waals surface area contributed by atoms with Crippen molar-refractivity contribution in [2.24, 2.45) is 0 Å². The lowest BCUT2D eigenvalue weighted by Crippen LogP contribution is -2.42. The number of carbonyl (C=O) groups excluding carboxylic acids is 2. The van der Waals surface area contributed by atoms with Crippen LogP contribution in [0.5, 0.6) is 5.75 Å². The summed E-state index contributed by atoms with van der Waals surface area (Å²) < 4.78 is 0. The predicted molar refractivity (Wildman–Crippen MR) is 91.4 cm³/mol. The molecule has 0 aliphatic carbocycles. The Kier molecular flexibility index (Phi) is 4.43. The number of amides is 2. The minimum atomic E-state index is -0.489. The van der Waals surface area contributed by atoms with E-state index in [0.29, 0.717) is 0 Å². The molecule has 0 aliphatic heterocycles. The zero-order valence-electron chi connectivity index (χ0n) is 12.8. The number of nitrogens with one attached hydrogen (secondary N) is 2. The second-order valence-electron chi connectivity index (χ2n) is 5.37. The molecular weight excluding hydrogens is 304 g/mol. The third-order valence-electron chi connectivity index (χ3n) is 3.65. The predicted octanol–water partition coefficient (Wildman–Crippen LogP) is 2.55. The number of carbonyl (C=O) groups is 2. The van der Waals surface area contributed by atoms with Gasteiger partial charge in [0.15, 0.2) is 0 Å². The minimum absolute atomic E-state index is 0.00951. The van der Waals surface area contributed by atoms with Crippen LogP contribution in [-0.4, -0.2) is 16.9 Å². The van der Waals surface area contributed by atoms with Crippen LogP contribution in [0.1, 0.15) is 15.9 Å². The highest BCUT2D eigenvalue weighted by Gasteiger charge is 2.10. The Hall–Kier alpha value is -3.34. The average Bonchev–Trinajstić information content (AvgIpc) is 2.60. The summed E-state index contributed by atoms with van der Waals surface area (Å²) in [6.45, 7) is 0. The molecule has 0 atom stereocenters. The summed E-state index contributed by atoms with van der Waals surface area (Å²) in [6.07, 6.45) is 0.154. The molecule has 0 unspecified atom stereocenters. The molecule has 0 saturated carbocycles. The second kappa shape index (κ2) is 6.83. The molecule has 24 heavy (non-hydrogen) atoms. The minimum Gasteiger partial charge on any atom is -0.508 e. The maximum Gasteiger partial charge on any atom is 0.269 e. The summed E-state index contributed by atoms with van der Waals surface area (Å²) in [7, 11) is 0. The van der Waals surface area contributed by atoms with Gasteiger partial charge in [0.25, 0.3) is 5.91 Å². The number of phenolic OH excluding ortho intramolecular Hbond substituents is 1. The first-order chi connectivity index (χ1) is 11.6. The van der Waals surface area contributed by atoms with E-state index in [1.165, 1.54) is 12.1 Å². The van der Waals surface area contributed by atoms with Crippen LogP contribution < -0.4 is 10.9 Å². The summed E-state index contributed by atoms with van der Waals surface area (Å²) in [5.74, 6) is -0.818. The van der Waals surface area contributed by atoms with Gasteiger partial charge in [-0.3, -0.25) is 20.4 Å². The number of fused-ring (bicyclic) bond motifs is 1. The van der Waals surface area contributed by atoms with Gasteiger partial charge in [-0.05, 0) is 34.5 Å². The molecule has 5 heteroatoms. The number of aromatic hydroxyl groups is 1. The van der Waals surface area contributed by atoms with E-state index in [1.54, 1.807) is 12.1 Å². The van der Waals surface area contributed by atoms with Crippen LogP contribution in [0.3, 0.4) is 0 Å². The third kappa shape index (κ3) is 3.52. The highest BCUT2D eigenvalue weighted by atomic mass is 16.3. The molecule has 0 radical (unpaired) electrons. The summed E-state index contributed by atoms with van der Waals surface area (Å²) in [5.41, 5.74) is 5.89. The zero-order valence-corrected chi connectivity index (χ0v) is 12.8. The van der Waals surface area contributed by atoms with Crippen molar-refractivity contribution in [1.82, 2.24) is 10.9 Å². The maximum atomic E-state index is 12.1. The lowest BCUT2D eigenvalue weighted by molar-refractivity contribution is -0.121. The molecule has 3 N–H and O–H groups in total. The van der Waals surface area contributed by atoms with Crippen LogP contribution in [0.4, 0.5) is 0 Å². The number of hydrogen-bond donors (Lipinski definition) is 3. The maximum absolute atomic E-state index is 12.1. The highest BCUT2D eigenvalue weighted by molar-refractivity contribution is 5.96. The summed E-state index contributed by atoms with van der Waals surface area (Å²) >= 11 is 0. The van der Waals surface area contributed by atoms with Gasteiger partial charge in [-0.1, -0.05) is 48.5 Å². The molecule has 3 aromatic rings. The van der Waals surface area contributed by atoms with E-state index in [2.05, 4.69) is 10.9 Å². The monoisotopic (exact) mass is 320 g/mol. The van der Waals surface area contributed by atoms with E-state index in [0.717, 1.165) is 16.3 Å². The largest absolute Gasteiger partial charge is 0.508 e. The van der Waals surface area contributed by atoms with Crippen molar-refractivity contribution >= 4 is 22.6 Å². The molecule has 120 valence electrons. The van der Waals surface area contributed by atoms with Gasteiger partial charge in [-0.15, -0.1) is 0 Å². The first-order valence-corrected chi connectivity index (χ1v) is 7.48. The van der Waals surface area contributed by atoms with Crippen LogP contribution in [-0.2, 0) is 11.2 Å². The van der Waals surface area contributed by atoms with Gasteiger partial charge < -0.3 is 5.11 Å². The van der Waals surface area contributed by atoms with Crippen molar-refractivity contribution in [3.8, 4) is 5.75 Å². The fourth-order valence-corrected chi connectivity index (χ4v) is 2.51. The Morgan fingerprint density at radius 1 is 0.875 bits per heavy atom. The molecule has 3 rings (SSSR count). The van der Waals surface area contributed by atoms with Crippen LogP contribution in [0.25, 0.3) is 10.8 Å². The lowest BCUT2D eigenvalue weighted by atomic mass is 10.0. The number of phenols is 1. The lowest BCUT2D eigenvalue weighted by Gasteiger charge is -2.09. The average molecular weight is 320 g/mol. The Labute approximate surface area is 138 Å². The second-order valence-corrected chi connectivity index (χ2v) is 5.37. The molecule has 0 aliphatic rings. The van der Waals surface area contributed by atoms with Gasteiger partial charge in [0, 0.05) is 5.56 Å². The van der Waals surface area contributed by atoms with Crippen LogP contribution in [0, 0.1) is 0 Å². The fraction of sp³-hybridized carbons (Fsp3) is 0.0526. The Bertz CT molecular complexity index is 901. The Balaban J connectivity index is 1.64. The fourth-order valence-electron chi connectivity index (χ4n) is 2.51. The molecule has 0 heterocycles. The Morgan fingerprint density at radius 3 is 2.46 bits per heavy atom.